The zero-order chi connectivity index (χ0) is 15.9. The lowest BCUT2D eigenvalue weighted by atomic mass is 9.87. The van der Waals surface area contributed by atoms with E-state index in [1.165, 1.54) is 6.92 Å². The van der Waals surface area contributed by atoms with Crippen molar-refractivity contribution in [2.45, 2.75) is 19.3 Å². The lowest BCUT2D eigenvalue weighted by molar-refractivity contribution is -0.116. The molecular formula is C15H16N4O3. The molecule has 3 rings (SSSR count). The van der Waals surface area contributed by atoms with Crippen LogP contribution in [0.2, 0.25) is 0 Å². The Morgan fingerprint density at radius 1 is 1.41 bits per heavy atom. The van der Waals surface area contributed by atoms with E-state index in [1.807, 2.05) is 24.3 Å². The maximum absolute atomic E-state index is 11.9. The first-order valence-electron chi connectivity index (χ1n) is 6.84. The molecule has 0 bridgehead atoms. The monoisotopic (exact) mass is 300 g/mol. The van der Waals surface area contributed by atoms with Gasteiger partial charge in [0, 0.05) is 24.8 Å². The van der Waals surface area contributed by atoms with Crippen molar-refractivity contribution in [3.05, 3.63) is 35.4 Å². The van der Waals surface area contributed by atoms with E-state index in [-0.39, 0.29) is 30.0 Å². The lowest BCUT2D eigenvalue weighted by Crippen LogP contribution is -2.23. The maximum Gasteiger partial charge on any atom is 0.245 e. The molecule has 1 aliphatic heterocycles. The fourth-order valence-electron chi connectivity index (χ4n) is 2.71. The van der Waals surface area contributed by atoms with E-state index in [1.54, 1.807) is 7.11 Å². The molecular weight excluding hydrogens is 284 g/mol. The smallest absolute Gasteiger partial charge is 0.245 e. The zero-order valence-electron chi connectivity index (χ0n) is 12.3. The molecule has 1 unspecified atom stereocenters. The number of nitrogens with one attached hydrogen (secondary N) is 1. The summed E-state index contributed by atoms with van der Waals surface area (Å²) in [5, 5.41) is 6.77. The minimum absolute atomic E-state index is 0.151. The molecule has 0 saturated heterocycles. The number of hydrogen-bond acceptors (Lipinski definition) is 5. The van der Waals surface area contributed by atoms with Gasteiger partial charge in [0.25, 0.3) is 0 Å². The van der Waals surface area contributed by atoms with Gasteiger partial charge in [0.1, 0.15) is 11.6 Å². The van der Waals surface area contributed by atoms with E-state index in [0.717, 1.165) is 16.0 Å². The van der Waals surface area contributed by atoms with E-state index in [0.29, 0.717) is 11.4 Å². The Bertz CT molecular complexity index is 749. The maximum atomic E-state index is 11.9. The number of benzene rings is 1. The van der Waals surface area contributed by atoms with Gasteiger partial charge in [-0.1, -0.05) is 12.1 Å². The summed E-state index contributed by atoms with van der Waals surface area (Å²) in [6.45, 7) is 1.37. The Hall–Kier alpha value is -2.83. The summed E-state index contributed by atoms with van der Waals surface area (Å²) in [4.78, 5) is 23.5. The third-order valence-corrected chi connectivity index (χ3v) is 3.77. The topological polar surface area (TPSA) is 99.2 Å². The Morgan fingerprint density at radius 3 is 2.68 bits per heavy atom. The van der Waals surface area contributed by atoms with Crippen LogP contribution in [-0.4, -0.2) is 28.7 Å². The van der Waals surface area contributed by atoms with E-state index in [4.69, 9.17) is 10.5 Å². The molecule has 0 radical (unpaired) electrons. The largest absolute Gasteiger partial charge is 0.497 e. The molecule has 7 nitrogen and oxygen atoms in total. The number of nitrogens with two attached hydrogens (primary N) is 1. The molecule has 0 fully saturated rings. The van der Waals surface area contributed by atoms with Gasteiger partial charge < -0.3 is 15.8 Å². The van der Waals surface area contributed by atoms with Crippen molar-refractivity contribution in [1.29, 1.82) is 0 Å². The molecule has 0 saturated carbocycles. The molecule has 22 heavy (non-hydrogen) atoms. The minimum Gasteiger partial charge on any atom is -0.497 e. The number of nitrogen functional groups attached to an aromatic ring is 1. The summed E-state index contributed by atoms with van der Waals surface area (Å²) < 4.78 is 6.26. The first-order chi connectivity index (χ1) is 10.5. The number of anilines is 2. The van der Waals surface area contributed by atoms with Crippen LogP contribution in [0.3, 0.4) is 0 Å². The molecule has 1 aromatic heterocycles. The van der Waals surface area contributed by atoms with Gasteiger partial charge >= 0.3 is 0 Å². The standard InChI is InChI=1S/C15H16N4O3/c1-8(20)19-14(16)13-11(7-12(21)17-15(13)18-19)9-3-5-10(22-2)6-4-9/h3-6,11H,7,16H2,1-2H3,(H,17,18,21). The van der Waals surface area contributed by atoms with Crippen molar-refractivity contribution < 1.29 is 14.3 Å². The number of methoxy groups -OCH3 is 1. The van der Waals surface area contributed by atoms with Crippen LogP contribution < -0.4 is 15.8 Å². The summed E-state index contributed by atoms with van der Waals surface area (Å²) >= 11 is 0. The average Bonchev–Trinajstić information content (AvgIpc) is 2.83. The second-order valence-electron chi connectivity index (χ2n) is 5.16. The van der Waals surface area contributed by atoms with Crippen molar-refractivity contribution in [3.63, 3.8) is 0 Å². The van der Waals surface area contributed by atoms with Crippen LogP contribution in [0.25, 0.3) is 0 Å². The van der Waals surface area contributed by atoms with Crippen molar-refractivity contribution in [2.75, 3.05) is 18.2 Å². The second kappa shape index (κ2) is 5.18. The summed E-state index contributed by atoms with van der Waals surface area (Å²) in [5.74, 6) is 0.670. The van der Waals surface area contributed by atoms with Crippen molar-refractivity contribution in [3.8, 4) is 5.75 Å². The zero-order valence-corrected chi connectivity index (χ0v) is 12.3. The van der Waals surface area contributed by atoms with Crippen LogP contribution in [0.15, 0.2) is 24.3 Å². The number of nitrogens with zero attached hydrogens (tertiary/aromatic N) is 2. The summed E-state index contributed by atoms with van der Waals surface area (Å²) in [6.07, 6.45) is 0.257. The predicted molar refractivity (Wildman–Crippen MR) is 81.0 cm³/mol. The van der Waals surface area contributed by atoms with Crippen LogP contribution in [0, 0.1) is 0 Å². The SMILES string of the molecule is COc1ccc(C2CC(=O)Nc3nn(C(C)=O)c(N)c32)cc1. The molecule has 1 aliphatic rings. The molecule has 2 heterocycles. The van der Waals surface area contributed by atoms with E-state index >= 15 is 0 Å². The normalized spacial score (nSPS) is 16.8. The summed E-state index contributed by atoms with van der Waals surface area (Å²) in [6, 6.07) is 7.42. The molecule has 1 amide bonds. The fraction of sp³-hybridized carbons (Fsp3) is 0.267. The first-order valence-corrected chi connectivity index (χ1v) is 6.84. The Kier molecular flexibility index (Phi) is 3.32. The molecule has 2 aromatic rings. The molecule has 1 aromatic carbocycles. The van der Waals surface area contributed by atoms with Gasteiger partial charge in [-0.2, -0.15) is 4.68 Å². The van der Waals surface area contributed by atoms with Crippen molar-refractivity contribution in [1.82, 2.24) is 9.78 Å². The first kappa shape index (κ1) is 14.1. The van der Waals surface area contributed by atoms with Gasteiger partial charge in [-0.3, -0.25) is 9.59 Å². The Labute approximate surface area is 127 Å². The quantitative estimate of drug-likeness (QED) is 0.877. The lowest BCUT2D eigenvalue weighted by Gasteiger charge is -2.22. The number of hydrogen-bond donors (Lipinski definition) is 2. The highest BCUT2D eigenvalue weighted by atomic mass is 16.5. The van der Waals surface area contributed by atoms with E-state index in [9.17, 15) is 9.59 Å². The molecule has 1 atom stereocenters. The second-order valence-corrected chi connectivity index (χ2v) is 5.16. The number of ether oxygens (including phenoxy) is 1. The molecule has 0 aliphatic carbocycles. The number of rotatable bonds is 2. The highest BCUT2D eigenvalue weighted by molar-refractivity contribution is 5.96. The molecule has 7 heteroatoms. The highest BCUT2D eigenvalue weighted by Crippen LogP contribution is 2.40. The molecule has 114 valence electrons. The molecule has 0 spiro atoms. The van der Waals surface area contributed by atoms with Gasteiger partial charge in [-0.25, -0.2) is 0 Å². The average molecular weight is 300 g/mol. The van der Waals surface area contributed by atoms with Gasteiger partial charge in [-0.05, 0) is 17.7 Å². The third kappa shape index (κ3) is 2.20. The Morgan fingerprint density at radius 2 is 2.09 bits per heavy atom. The Balaban J connectivity index is 2.10. The number of carbonyl (C=O) groups is 2. The van der Waals surface area contributed by atoms with Crippen LogP contribution in [0.4, 0.5) is 11.6 Å². The third-order valence-electron chi connectivity index (χ3n) is 3.77. The molecule has 3 N–H and O–H groups in total. The summed E-state index contributed by atoms with van der Waals surface area (Å²) in [5.41, 5.74) is 7.66. The van der Waals surface area contributed by atoms with Crippen LogP contribution in [0.5, 0.6) is 5.75 Å². The highest BCUT2D eigenvalue weighted by Gasteiger charge is 2.33. The predicted octanol–water partition coefficient (Wildman–Crippen LogP) is 1.61. The number of aromatic nitrogens is 2. The number of fused-ring (bicyclic) bond motifs is 1. The van der Waals surface area contributed by atoms with E-state index < -0.39 is 0 Å². The number of amides is 1. The van der Waals surface area contributed by atoms with Gasteiger partial charge in [0.15, 0.2) is 5.82 Å². The van der Waals surface area contributed by atoms with Gasteiger partial charge in [-0.15, -0.1) is 5.10 Å². The van der Waals surface area contributed by atoms with Crippen LogP contribution in [0.1, 0.15) is 35.2 Å². The van der Waals surface area contributed by atoms with Gasteiger partial charge in [0.05, 0.1) is 7.11 Å². The fourth-order valence-corrected chi connectivity index (χ4v) is 2.71. The minimum atomic E-state index is -0.297. The van der Waals surface area contributed by atoms with Crippen molar-refractivity contribution >= 4 is 23.5 Å². The van der Waals surface area contributed by atoms with Crippen molar-refractivity contribution in [2.24, 2.45) is 0 Å². The van der Waals surface area contributed by atoms with Crippen LogP contribution >= 0.6 is 0 Å². The summed E-state index contributed by atoms with van der Waals surface area (Å²) in [7, 11) is 1.59. The number of carbonyl (C=O) groups excluding carboxylic acids is 2. The van der Waals surface area contributed by atoms with Gasteiger partial charge in [0.2, 0.25) is 11.8 Å². The van der Waals surface area contributed by atoms with E-state index in [2.05, 4.69) is 10.4 Å². The van der Waals surface area contributed by atoms with Crippen LogP contribution in [-0.2, 0) is 4.79 Å².